The largest absolute Gasteiger partial charge is 0.484 e. The van der Waals surface area contributed by atoms with Gasteiger partial charge < -0.3 is 15.0 Å². The number of halogens is 2. The van der Waals surface area contributed by atoms with Gasteiger partial charge in [0, 0.05) is 22.6 Å². The fourth-order valence-corrected chi connectivity index (χ4v) is 2.95. The maximum Gasteiger partial charge on any atom is 0.261 e. The minimum atomic E-state index is -0.656. The third kappa shape index (κ3) is 6.94. The van der Waals surface area contributed by atoms with Gasteiger partial charge in [0.05, 0.1) is 0 Å². The summed E-state index contributed by atoms with van der Waals surface area (Å²) >= 11 is 12.0. The predicted octanol–water partition coefficient (Wildman–Crippen LogP) is 4.62. The Hall–Kier alpha value is -2.24. The second kappa shape index (κ2) is 10.5. The van der Waals surface area contributed by atoms with Gasteiger partial charge in [-0.15, -0.1) is 0 Å². The van der Waals surface area contributed by atoms with Crippen molar-refractivity contribution in [3.63, 3.8) is 0 Å². The van der Waals surface area contributed by atoms with E-state index in [1.165, 1.54) is 4.90 Å². The van der Waals surface area contributed by atoms with Crippen LogP contribution in [0.25, 0.3) is 0 Å². The van der Waals surface area contributed by atoms with Crippen LogP contribution in [-0.4, -0.2) is 35.4 Å². The van der Waals surface area contributed by atoms with Gasteiger partial charge in [0.15, 0.2) is 6.61 Å². The molecule has 1 N–H and O–H groups in total. The Morgan fingerprint density at radius 2 is 1.72 bits per heavy atom. The molecule has 0 aliphatic rings. The van der Waals surface area contributed by atoms with Crippen LogP contribution in [0.3, 0.4) is 0 Å². The first kappa shape index (κ1) is 23.0. The molecule has 0 aromatic heterocycles. The van der Waals surface area contributed by atoms with Crippen molar-refractivity contribution < 1.29 is 14.3 Å². The lowest BCUT2D eigenvalue weighted by molar-refractivity contribution is -0.142. The first-order chi connectivity index (χ1) is 13.7. The summed E-state index contributed by atoms with van der Waals surface area (Å²) in [5.74, 6) is 0.0367. The fraction of sp³-hybridized carbons (Fsp3) is 0.364. The Morgan fingerprint density at radius 1 is 1.07 bits per heavy atom. The zero-order chi connectivity index (χ0) is 21.6. The first-order valence-corrected chi connectivity index (χ1v) is 10.2. The molecule has 2 rings (SSSR count). The second-order valence-electron chi connectivity index (χ2n) is 7.19. The van der Waals surface area contributed by atoms with Crippen LogP contribution in [0.2, 0.25) is 10.0 Å². The van der Waals surface area contributed by atoms with Gasteiger partial charge >= 0.3 is 0 Å². The van der Waals surface area contributed by atoms with Crippen molar-refractivity contribution in [2.45, 2.75) is 46.3 Å². The molecule has 0 fully saturated rings. The lowest BCUT2D eigenvalue weighted by atomic mass is 10.1. The van der Waals surface area contributed by atoms with Gasteiger partial charge in [0.25, 0.3) is 5.91 Å². The van der Waals surface area contributed by atoms with Crippen LogP contribution in [0.4, 0.5) is 0 Å². The number of rotatable bonds is 8. The highest BCUT2D eigenvalue weighted by atomic mass is 35.5. The van der Waals surface area contributed by atoms with Crippen molar-refractivity contribution >= 4 is 35.0 Å². The van der Waals surface area contributed by atoms with E-state index < -0.39 is 6.04 Å². The molecule has 156 valence electrons. The third-order valence-corrected chi connectivity index (χ3v) is 5.03. The second-order valence-corrected chi connectivity index (χ2v) is 8.03. The predicted molar refractivity (Wildman–Crippen MR) is 116 cm³/mol. The molecular formula is C22H26Cl2N2O3. The van der Waals surface area contributed by atoms with Gasteiger partial charge in [-0.2, -0.15) is 0 Å². The summed E-state index contributed by atoms with van der Waals surface area (Å²) < 4.78 is 5.65. The molecule has 0 saturated carbocycles. The van der Waals surface area contributed by atoms with Crippen LogP contribution in [0.15, 0.2) is 42.5 Å². The van der Waals surface area contributed by atoms with E-state index in [0.717, 1.165) is 11.1 Å². The average molecular weight is 437 g/mol. The van der Waals surface area contributed by atoms with E-state index in [-0.39, 0.29) is 31.0 Å². The number of carbonyl (C=O) groups excluding carboxylic acids is 2. The van der Waals surface area contributed by atoms with Crippen molar-refractivity contribution in [3.8, 4) is 5.75 Å². The van der Waals surface area contributed by atoms with Gasteiger partial charge in [0.2, 0.25) is 5.91 Å². The summed E-state index contributed by atoms with van der Waals surface area (Å²) in [5, 5.41) is 4.09. The highest BCUT2D eigenvalue weighted by Crippen LogP contribution is 2.21. The maximum absolute atomic E-state index is 12.9. The first-order valence-electron chi connectivity index (χ1n) is 9.40. The molecule has 0 spiro atoms. The van der Waals surface area contributed by atoms with Gasteiger partial charge in [-0.1, -0.05) is 35.3 Å². The topological polar surface area (TPSA) is 58.6 Å². The summed E-state index contributed by atoms with van der Waals surface area (Å²) in [6.07, 6.45) is 0. The van der Waals surface area contributed by atoms with Crippen molar-refractivity contribution in [1.82, 2.24) is 10.2 Å². The highest BCUT2D eigenvalue weighted by Gasteiger charge is 2.26. The standard InChI is InChI=1S/C22H26Cl2N2O3/c1-14(2)25-22(28)16(4)26(12-17-5-7-18(23)8-6-17)21(27)13-29-19-9-10-20(24)15(3)11-19/h5-11,14,16H,12-13H2,1-4H3,(H,25,28). The molecule has 1 atom stereocenters. The zero-order valence-electron chi connectivity index (χ0n) is 17.0. The summed E-state index contributed by atoms with van der Waals surface area (Å²) in [5.41, 5.74) is 1.73. The monoisotopic (exact) mass is 436 g/mol. The molecule has 2 aromatic carbocycles. The smallest absolute Gasteiger partial charge is 0.261 e. The number of ether oxygens (including phenoxy) is 1. The van der Waals surface area contributed by atoms with E-state index in [0.29, 0.717) is 15.8 Å². The summed E-state index contributed by atoms with van der Waals surface area (Å²) in [7, 11) is 0. The fourth-order valence-electron chi connectivity index (χ4n) is 2.71. The third-order valence-electron chi connectivity index (χ3n) is 4.36. The molecular weight excluding hydrogens is 411 g/mol. The van der Waals surface area contributed by atoms with E-state index in [2.05, 4.69) is 5.32 Å². The molecule has 7 heteroatoms. The number of aryl methyl sites for hydroxylation is 1. The SMILES string of the molecule is Cc1cc(OCC(=O)N(Cc2ccc(Cl)cc2)C(C)C(=O)NC(C)C)ccc1Cl. The number of amides is 2. The molecule has 5 nitrogen and oxygen atoms in total. The van der Waals surface area contributed by atoms with E-state index in [9.17, 15) is 9.59 Å². The Bertz CT molecular complexity index is 854. The molecule has 0 radical (unpaired) electrons. The van der Waals surface area contributed by atoms with Gasteiger partial charge in [-0.25, -0.2) is 0 Å². The van der Waals surface area contributed by atoms with E-state index in [1.54, 1.807) is 37.3 Å². The number of hydrogen-bond donors (Lipinski definition) is 1. The maximum atomic E-state index is 12.9. The molecule has 0 heterocycles. The van der Waals surface area contributed by atoms with Crippen LogP contribution < -0.4 is 10.1 Å². The normalized spacial score (nSPS) is 11.8. The van der Waals surface area contributed by atoms with E-state index in [1.807, 2.05) is 32.9 Å². The van der Waals surface area contributed by atoms with Gasteiger partial charge in [-0.05, 0) is 69.2 Å². The summed E-state index contributed by atoms with van der Waals surface area (Å²) in [6.45, 7) is 7.41. The van der Waals surface area contributed by atoms with E-state index >= 15 is 0 Å². The summed E-state index contributed by atoms with van der Waals surface area (Å²) in [6, 6.07) is 11.7. The number of benzene rings is 2. The molecule has 0 saturated heterocycles. The van der Waals surface area contributed by atoms with Crippen LogP contribution in [0.1, 0.15) is 31.9 Å². The molecule has 0 bridgehead atoms. The molecule has 29 heavy (non-hydrogen) atoms. The average Bonchev–Trinajstić information content (AvgIpc) is 2.67. The minimum Gasteiger partial charge on any atom is -0.484 e. The van der Waals surface area contributed by atoms with Crippen molar-refractivity contribution in [2.75, 3.05) is 6.61 Å². The minimum absolute atomic E-state index is 0.0225. The van der Waals surface area contributed by atoms with Crippen molar-refractivity contribution in [2.24, 2.45) is 0 Å². The summed E-state index contributed by atoms with van der Waals surface area (Å²) in [4.78, 5) is 27.0. The van der Waals surface area contributed by atoms with E-state index in [4.69, 9.17) is 27.9 Å². The molecule has 2 aromatic rings. The lowest BCUT2D eigenvalue weighted by Gasteiger charge is -2.29. The quantitative estimate of drug-likeness (QED) is 0.656. The molecule has 2 amide bonds. The number of hydrogen-bond acceptors (Lipinski definition) is 3. The highest BCUT2D eigenvalue weighted by molar-refractivity contribution is 6.31. The zero-order valence-corrected chi connectivity index (χ0v) is 18.6. The Balaban J connectivity index is 2.15. The van der Waals surface area contributed by atoms with Crippen LogP contribution in [0.5, 0.6) is 5.75 Å². The number of carbonyl (C=O) groups is 2. The molecule has 1 unspecified atom stereocenters. The Kier molecular flexibility index (Phi) is 8.35. The lowest BCUT2D eigenvalue weighted by Crippen LogP contribution is -2.50. The van der Waals surface area contributed by atoms with Crippen molar-refractivity contribution in [1.29, 1.82) is 0 Å². The number of nitrogens with one attached hydrogen (secondary N) is 1. The van der Waals surface area contributed by atoms with Crippen LogP contribution in [-0.2, 0) is 16.1 Å². The van der Waals surface area contributed by atoms with Crippen LogP contribution in [0, 0.1) is 6.92 Å². The Morgan fingerprint density at radius 3 is 2.31 bits per heavy atom. The van der Waals surface area contributed by atoms with Gasteiger partial charge in [-0.3, -0.25) is 9.59 Å². The van der Waals surface area contributed by atoms with Crippen LogP contribution >= 0.6 is 23.2 Å². The van der Waals surface area contributed by atoms with Crippen molar-refractivity contribution in [3.05, 3.63) is 63.6 Å². The van der Waals surface area contributed by atoms with Gasteiger partial charge in [0.1, 0.15) is 11.8 Å². The molecule has 0 aliphatic heterocycles. The Labute approximate surface area is 181 Å². The molecule has 0 aliphatic carbocycles. The number of nitrogens with zero attached hydrogens (tertiary/aromatic N) is 1.